The first-order chi connectivity index (χ1) is 15.6. The summed E-state index contributed by atoms with van der Waals surface area (Å²) in [7, 11) is 0. The van der Waals surface area contributed by atoms with Crippen LogP contribution in [0.25, 0.3) is 0 Å². The Morgan fingerprint density at radius 2 is 1.91 bits per heavy atom. The second kappa shape index (κ2) is 8.46. The summed E-state index contributed by atoms with van der Waals surface area (Å²) in [5, 5.41) is 4.84. The van der Waals surface area contributed by atoms with Crippen LogP contribution < -0.4 is 19.7 Å². The number of urea groups is 1. The molecule has 1 spiro atoms. The van der Waals surface area contributed by atoms with Gasteiger partial charge in [-0.1, -0.05) is 18.9 Å². The molecule has 2 aliphatic heterocycles. The van der Waals surface area contributed by atoms with Crippen LogP contribution in [0, 0.1) is 0 Å². The predicted octanol–water partition coefficient (Wildman–Crippen LogP) is 3.31. The third-order valence-electron chi connectivity index (χ3n) is 6.28. The minimum Gasteiger partial charge on any atom is -0.486 e. The largest absolute Gasteiger partial charge is 0.486 e. The van der Waals surface area contributed by atoms with Gasteiger partial charge in [-0.3, -0.25) is 14.5 Å². The second-order valence-electron chi connectivity index (χ2n) is 8.31. The summed E-state index contributed by atoms with van der Waals surface area (Å²) in [6.07, 6.45) is 3.25. The van der Waals surface area contributed by atoms with Crippen LogP contribution in [0.3, 0.4) is 0 Å². The van der Waals surface area contributed by atoms with Crippen LogP contribution in [-0.4, -0.2) is 48.0 Å². The van der Waals surface area contributed by atoms with Gasteiger partial charge in [0.1, 0.15) is 18.8 Å². The molecule has 1 saturated heterocycles. The highest BCUT2D eigenvalue weighted by Gasteiger charge is 2.52. The third kappa shape index (κ3) is 3.81. The zero-order chi connectivity index (χ0) is 22.1. The number of nitrogens with zero attached hydrogens (tertiary/aromatic N) is 2. The molecule has 4 amide bonds. The monoisotopic (exact) mass is 455 g/mol. The van der Waals surface area contributed by atoms with E-state index in [-0.39, 0.29) is 24.8 Å². The number of amides is 4. The molecule has 5 rings (SSSR count). The molecule has 0 bridgehead atoms. The summed E-state index contributed by atoms with van der Waals surface area (Å²) in [6, 6.07) is 8.97. The summed E-state index contributed by atoms with van der Waals surface area (Å²) in [5.41, 5.74) is -0.0656. The fourth-order valence-corrected chi connectivity index (χ4v) is 5.31. The van der Waals surface area contributed by atoms with Gasteiger partial charge in [-0.25, -0.2) is 4.79 Å². The smallest absolute Gasteiger partial charge is 0.325 e. The van der Waals surface area contributed by atoms with Crippen molar-refractivity contribution in [2.45, 2.75) is 44.2 Å². The van der Waals surface area contributed by atoms with E-state index in [1.807, 2.05) is 23.6 Å². The van der Waals surface area contributed by atoms with Crippen molar-refractivity contribution in [3.63, 3.8) is 0 Å². The third-order valence-corrected chi connectivity index (χ3v) is 7.15. The minimum absolute atomic E-state index is 0.0507. The maximum absolute atomic E-state index is 13.3. The number of rotatable bonds is 6. The summed E-state index contributed by atoms with van der Waals surface area (Å²) in [5.74, 6) is 0.903. The lowest BCUT2D eigenvalue weighted by atomic mass is 9.98. The van der Waals surface area contributed by atoms with Crippen molar-refractivity contribution >= 4 is 34.9 Å². The molecule has 168 valence electrons. The number of benzene rings is 1. The average molecular weight is 456 g/mol. The number of fused-ring (bicyclic) bond motifs is 1. The van der Waals surface area contributed by atoms with E-state index in [0.29, 0.717) is 49.8 Å². The summed E-state index contributed by atoms with van der Waals surface area (Å²) in [4.78, 5) is 42.6. The molecular formula is C23H25N3O5S. The van der Waals surface area contributed by atoms with E-state index in [1.54, 1.807) is 28.4 Å². The average Bonchev–Trinajstić information content (AvgIpc) is 3.54. The van der Waals surface area contributed by atoms with Gasteiger partial charge in [0.15, 0.2) is 11.5 Å². The molecule has 1 N–H and O–H groups in total. The van der Waals surface area contributed by atoms with Crippen molar-refractivity contribution in [1.82, 2.24) is 10.2 Å². The Balaban J connectivity index is 1.33. The Morgan fingerprint density at radius 1 is 1.12 bits per heavy atom. The number of nitrogens with one attached hydrogen (secondary N) is 1. The van der Waals surface area contributed by atoms with Crippen molar-refractivity contribution in [3.8, 4) is 11.5 Å². The van der Waals surface area contributed by atoms with E-state index < -0.39 is 11.6 Å². The molecule has 32 heavy (non-hydrogen) atoms. The van der Waals surface area contributed by atoms with Crippen LogP contribution in [0.4, 0.5) is 10.5 Å². The zero-order valence-electron chi connectivity index (χ0n) is 17.7. The van der Waals surface area contributed by atoms with Crippen LogP contribution in [-0.2, 0) is 16.1 Å². The van der Waals surface area contributed by atoms with E-state index in [2.05, 4.69) is 5.32 Å². The first kappa shape index (κ1) is 20.8. The van der Waals surface area contributed by atoms with Gasteiger partial charge in [0.05, 0.1) is 6.54 Å². The van der Waals surface area contributed by atoms with Gasteiger partial charge in [0, 0.05) is 29.6 Å². The SMILES string of the molecule is O=C1NC2(CCCC2)C(=O)N1CCC(=O)N(Cc1cccs1)c1ccc2c(c1)OCCO2. The number of anilines is 1. The highest BCUT2D eigenvalue weighted by molar-refractivity contribution is 7.09. The molecule has 3 aliphatic rings. The van der Waals surface area contributed by atoms with Gasteiger partial charge < -0.3 is 19.7 Å². The normalized spacial score (nSPS) is 18.8. The molecule has 1 aromatic carbocycles. The first-order valence-electron chi connectivity index (χ1n) is 10.9. The van der Waals surface area contributed by atoms with Crippen molar-refractivity contribution in [3.05, 3.63) is 40.6 Å². The molecule has 0 unspecified atom stereocenters. The number of hydrogen-bond acceptors (Lipinski definition) is 6. The molecule has 1 saturated carbocycles. The van der Waals surface area contributed by atoms with E-state index in [4.69, 9.17) is 9.47 Å². The van der Waals surface area contributed by atoms with Gasteiger partial charge >= 0.3 is 6.03 Å². The quantitative estimate of drug-likeness (QED) is 0.676. The lowest BCUT2D eigenvalue weighted by Crippen LogP contribution is -2.44. The maximum atomic E-state index is 13.3. The number of hydrogen-bond donors (Lipinski definition) is 1. The zero-order valence-corrected chi connectivity index (χ0v) is 18.5. The minimum atomic E-state index is -0.757. The highest BCUT2D eigenvalue weighted by Crippen LogP contribution is 2.36. The highest BCUT2D eigenvalue weighted by atomic mass is 32.1. The van der Waals surface area contributed by atoms with Crippen LogP contribution >= 0.6 is 11.3 Å². The van der Waals surface area contributed by atoms with E-state index in [0.717, 1.165) is 17.7 Å². The topological polar surface area (TPSA) is 88.2 Å². The Morgan fingerprint density at radius 3 is 2.66 bits per heavy atom. The van der Waals surface area contributed by atoms with Crippen LogP contribution in [0.2, 0.25) is 0 Å². The van der Waals surface area contributed by atoms with Crippen molar-refractivity contribution in [2.24, 2.45) is 0 Å². The lowest BCUT2D eigenvalue weighted by molar-refractivity contribution is -0.131. The van der Waals surface area contributed by atoms with E-state index >= 15 is 0 Å². The number of imide groups is 1. The molecule has 1 aliphatic carbocycles. The lowest BCUT2D eigenvalue weighted by Gasteiger charge is -2.26. The molecular weight excluding hydrogens is 430 g/mol. The molecule has 3 heterocycles. The molecule has 9 heteroatoms. The molecule has 8 nitrogen and oxygen atoms in total. The predicted molar refractivity (Wildman–Crippen MR) is 119 cm³/mol. The molecule has 0 atom stereocenters. The fourth-order valence-electron chi connectivity index (χ4n) is 4.62. The van der Waals surface area contributed by atoms with Crippen LogP contribution in [0.5, 0.6) is 11.5 Å². The maximum Gasteiger partial charge on any atom is 0.325 e. The summed E-state index contributed by atoms with van der Waals surface area (Å²) in [6.45, 7) is 1.43. The number of thiophene rings is 1. The number of ether oxygens (including phenoxy) is 2. The van der Waals surface area contributed by atoms with Crippen molar-refractivity contribution in [2.75, 3.05) is 24.7 Å². The van der Waals surface area contributed by atoms with Gasteiger partial charge in [-0.05, 0) is 36.4 Å². The molecule has 1 aromatic heterocycles. The first-order valence-corrected chi connectivity index (χ1v) is 11.8. The standard InChI is InChI=1S/C23H25N3O5S/c27-20(7-10-25-21(28)23(24-22(25)29)8-1-2-9-23)26(15-17-4-3-13-32-17)16-5-6-18-19(14-16)31-12-11-30-18/h3-6,13-14H,1-2,7-12,15H2,(H,24,29). The second-order valence-corrected chi connectivity index (χ2v) is 9.35. The van der Waals surface area contributed by atoms with E-state index in [1.165, 1.54) is 4.90 Å². The summed E-state index contributed by atoms with van der Waals surface area (Å²) >= 11 is 1.57. The van der Waals surface area contributed by atoms with Crippen LogP contribution in [0.15, 0.2) is 35.7 Å². The molecule has 0 radical (unpaired) electrons. The van der Waals surface area contributed by atoms with Crippen molar-refractivity contribution < 1.29 is 23.9 Å². The molecule has 2 aromatic rings. The Kier molecular flexibility index (Phi) is 5.50. The van der Waals surface area contributed by atoms with Crippen LogP contribution in [0.1, 0.15) is 37.0 Å². The Hall–Kier alpha value is -3.07. The molecule has 2 fully saturated rings. The Labute approximate surface area is 190 Å². The Bertz CT molecular complexity index is 1030. The summed E-state index contributed by atoms with van der Waals surface area (Å²) < 4.78 is 11.3. The number of carbonyl (C=O) groups excluding carboxylic acids is 3. The fraction of sp³-hybridized carbons (Fsp3) is 0.435. The van der Waals surface area contributed by atoms with E-state index in [9.17, 15) is 14.4 Å². The van der Waals surface area contributed by atoms with Gasteiger partial charge in [-0.2, -0.15) is 0 Å². The number of carbonyl (C=O) groups is 3. The van der Waals surface area contributed by atoms with Crippen molar-refractivity contribution in [1.29, 1.82) is 0 Å². The van der Waals surface area contributed by atoms with Gasteiger partial charge in [-0.15, -0.1) is 11.3 Å². The van der Waals surface area contributed by atoms with Gasteiger partial charge in [0.25, 0.3) is 5.91 Å². The van der Waals surface area contributed by atoms with Gasteiger partial charge in [0.2, 0.25) is 5.91 Å².